The normalized spacial score (nSPS) is 10.8. The van der Waals surface area contributed by atoms with Crippen molar-refractivity contribution in [2.45, 2.75) is 6.54 Å². The highest BCUT2D eigenvalue weighted by Gasteiger charge is 2.02. The summed E-state index contributed by atoms with van der Waals surface area (Å²) in [6.45, 7) is 0.605. The molecule has 3 aromatic rings. The van der Waals surface area contributed by atoms with Crippen LogP contribution in [0.1, 0.15) is 5.56 Å². The average Bonchev–Trinajstić information content (AvgIpc) is 2.97. The van der Waals surface area contributed by atoms with Crippen molar-refractivity contribution in [3.8, 4) is 0 Å². The van der Waals surface area contributed by atoms with Gasteiger partial charge in [0.05, 0.1) is 6.20 Å². The summed E-state index contributed by atoms with van der Waals surface area (Å²) < 4.78 is 1.34. The highest BCUT2D eigenvalue weighted by Crippen LogP contribution is 2.06. The lowest BCUT2D eigenvalue weighted by atomic mass is 10.3. The second-order valence-electron chi connectivity index (χ2n) is 3.49. The topological polar surface area (TPSA) is 104 Å². The zero-order chi connectivity index (χ0) is 11.7. The molecular weight excluding hydrogens is 222 g/mol. The van der Waals surface area contributed by atoms with Crippen LogP contribution < -0.4 is 11.0 Å². The number of rotatable bonds is 3. The summed E-state index contributed by atoms with van der Waals surface area (Å²) in [5.41, 5.74) is 1.25. The summed E-state index contributed by atoms with van der Waals surface area (Å²) in [7, 11) is 0. The lowest BCUT2D eigenvalue weighted by Gasteiger charge is -2.02. The Morgan fingerprint density at radius 1 is 1.47 bits per heavy atom. The molecule has 0 atom stereocenters. The largest absolute Gasteiger partial charge is 0.366 e. The van der Waals surface area contributed by atoms with Crippen molar-refractivity contribution in [1.29, 1.82) is 0 Å². The van der Waals surface area contributed by atoms with Gasteiger partial charge in [-0.2, -0.15) is 10.2 Å². The van der Waals surface area contributed by atoms with E-state index in [1.807, 2.05) is 0 Å². The van der Waals surface area contributed by atoms with E-state index in [9.17, 15) is 4.79 Å². The van der Waals surface area contributed by atoms with E-state index >= 15 is 0 Å². The molecular formula is C9H9N7O. The molecule has 0 aromatic carbocycles. The Hall–Kier alpha value is -2.64. The minimum absolute atomic E-state index is 0.297. The fourth-order valence-corrected chi connectivity index (χ4v) is 1.47. The molecule has 0 spiro atoms. The fraction of sp³-hybridized carbons (Fsp3) is 0.111. The van der Waals surface area contributed by atoms with Gasteiger partial charge in [0, 0.05) is 24.4 Å². The summed E-state index contributed by atoms with van der Waals surface area (Å²) in [5, 5.41) is 15.9. The Kier molecular flexibility index (Phi) is 2.11. The smallest absolute Gasteiger partial charge is 0.348 e. The zero-order valence-corrected chi connectivity index (χ0v) is 8.71. The van der Waals surface area contributed by atoms with Crippen LogP contribution in [0.4, 0.5) is 5.82 Å². The van der Waals surface area contributed by atoms with E-state index in [0.717, 1.165) is 5.56 Å². The van der Waals surface area contributed by atoms with Crippen LogP contribution >= 0.6 is 0 Å². The van der Waals surface area contributed by atoms with Gasteiger partial charge in [-0.3, -0.25) is 5.10 Å². The van der Waals surface area contributed by atoms with Crippen LogP contribution in [0, 0.1) is 0 Å². The van der Waals surface area contributed by atoms with Crippen LogP contribution in [0.25, 0.3) is 5.65 Å². The van der Waals surface area contributed by atoms with Crippen molar-refractivity contribution in [3.63, 3.8) is 0 Å². The van der Waals surface area contributed by atoms with E-state index in [0.29, 0.717) is 18.0 Å². The van der Waals surface area contributed by atoms with Gasteiger partial charge in [-0.25, -0.2) is 19.3 Å². The van der Waals surface area contributed by atoms with Gasteiger partial charge in [-0.05, 0) is 0 Å². The number of anilines is 1. The Morgan fingerprint density at radius 3 is 3.24 bits per heavy atom. The number of H-pyrrole nitrogens is 2. The van der Waals surface area contributed by atoms with E-state index in [-0.39, 0.29) is 5.69 Å². The average molecular weight is 231 g/mol. The van der Waals surface area contributed by atoms with Crippen LogP contribution in [0.2, 0.25) is 0 Å². The van der Waals surface area contributed by atoms with Crippen LogP contribution in [-0.4, -0.2) is 29.8 Å². The Bertz CT molecular complexity index is 681. The predicted octanol–water partition coefficient (Wildman–Crippen LogP) is -0.247. The van der Waals surface area contributed by atoms with Crippen LogP contribution in [0.15, 0.2) is 29.6 Å². The third-order valence-electron chi connectivity index (χ3n) is 2.34. The number of hydrogen-bond donors (Lipinski definition) is 3. The molecule has 0 aliphatic carbocycles. The molecule has 3 N–H and O–H groups in total. The molecule has 8 heteroatoms. The Labute approximate surface area is 94.7 Å². The molecule has 0 fully saturated rings. The van der Waals surface area contributed by atoms with Gasteiger partial charge in [0.2, 0.25) is 0 Å². The molecule has 3 aromatic heterocycles. The van der Waals surface area contributed by atoms with Crippen molar-refractivity contribution < 1.29 is 0 Å². The quantitative estimate of drug-likeness (QED) is 0.576. The van der Waals surface area contributed by atoms with Gasteiger partial charge in [-0.15, -0.1) is 0 Å². The first-order valence-electron chi connectivity index (χ1n) is 4.97. The summed E-state index contributed by atoms with van der Waals surface area (Å²) in [6, 6.07) is 1.69. The van der Waals surface area contributed by atoms with E-state index < -0.39 is 0 Å². The number of aromatic amines is 2. The first-order valence-corrected chi connectivity index (χ1v) is 4.97. The molecule has 0 radical (unpaired) electrons. The van der Waals surface area contributed by atoms with Crippen LogP contribution in [0.3, 0.4) is 0 Å². The number of fused-ring (bicyclic) bond motifs is 1. The predicted molar refractivity (Wildman–Crippen MR) is 59.5 cm³/mol. The Morgan fingerprint density at radius 2 is 2.41 bits per heavy atom. The standard InChI is InChI=1S/C9H9N7O/c17-9-15-14-8-1-7(11-5-16(8)9)10-2-6-3-12-13-4-6/h1,3-5,10H,2H2,(H,12,13)(H,15,17). The van der Waals surface area contributed by atoms with Crippen LogP contribution in [-0.2, 0) is 6.54 Å². The van der Waals surface area contributed by atoms with E-state index in [2.05, 4.69) is 30.7 Å². The molecule has 17 heavy (non-hydrogen) atoms. The number of aromatic nitrogens is 6. The molecule has 86 valence electrons. The SMILES string of the molecule is O=c1[nH]nc2cc(NCc3cn[nH]c3)ncn12. The third kappa shape index (κ3) is 1.75. The molecule has 3 heterocycles. The third-order valence-corrected chi connectivity index (χ3v) is 2.34. The second kappa shape index (κ2) is 3.74. The lowest BCUT2D eigenvalue weighted by molar-refractivity contribution is 0.991. The first-order chi connectivity index (χ1) is 8.33. The summed E-state index contributed by atoms with van der Waals surface area (Å²) in [4.78, 5) is 15.3. The van der Waals surface area contributed by atoms with Crippen molar-refractivity contribution in [1.82, 2.24) is 29.8 Å². The highest BCUT2D eigenvalue weighted by atomic mass is 16.1. The molecule has 0 amide bonds. The minimum atomic E-state index is -0.297. The summed E-state index contributed by atoms with van der Waals surface area (Å²) in [6.07, 6.45) is 4.95. The van der Waals surface area contributed by atoms with Gasteiger partial charge in [0.25, 0.3) is 0 Å². The van der Waals surface area contributed by atoms with Crippen molar-refractivity contribution in [3.05, 3.63) is 40.8 Å². The number of hydrogen-bond acceptors (Lipinski definition) is 5. The van der Waals surface area contributed by atoms with Gasteiger partial charge < -0.3 is 5.32 Å². The molecule has 0 bridgehead atoms. The van der Waals surface area contributed by atoms with Crippen molar-refractivity contribution >= 4 is 11.5 Å². The van der Waals surface area contributed by atoms with E-state index in [1.54, 1.807) is 18.5 Å². The fourth-order valence-electron chi connectivity index (χ4n) is 1.47. The second-order valence-corrected chi connectivity index (χ2v) is 3.49. The molecule has 3 rings (SSSR count). The molecule has 0 saturated carbocycles. The summed E-state index contributed by atoms with van der Waals surface area (Å²) >= 11 is 0. The highest BCUT2D eigenvalue weighted by molar-refractivity contribution is 5.48. The van der Waals surface area contributed by atoms with E-state index in [4.69, 9.17) is 0 Å². The maximum atomic E-state index is 11.2. The lowest BCUT2D eigenvalue weighted by Crippen LogP contribution is -2.10. The maximum Gasteiger partial charge on any atom is 0.348 e. The zero-order valence-electron chi connectivity index (χ0n) is 8.71. The molecule has 0 aliphatic heterocycles. The summed E-state index contributed by atoms with van der Waals surface area (Å²) in [5.74, 6) is 0.651. The van der Waals surface area contributed by atoms with E-state index in [1.165, 1.54) is 10.7 Å². The minimum Gasteiger partial charge on any atom is -0.366 e. The number of nitrogens with zero attached hydrogens (tertiary/aromatic N) is 4. The molecule has 8 nitrogen and oxygen atoms in total. The Balaban J connectivity index is 1.83. The van der Waals surface area contributed by atoms with Crippen molar-refractivity contribution in [2.75, 3.05) is 5.32 Å². The van der Waals surface area contributed by atoms with Gasteiger partial charge in [0.1, 0.15) is 12.1 Å². The van der Waals surface area contributed by atoms with Gasteiger partial charge in [-0.1, -0.05) is 0 Å². The van der Waals surface area contributed by atoms with Gasteiger partial charge >= 0.3 is 5.69 Å². The molecule has 0 unspecified atom stereocenters. The number of nitrogens with one attached hydrogen (secondary N) is 3. The monoisotopic (exact) mass is 231 g/mol. The van der Waals surface area contributed by atoms with Crippen molar-refractivity contribution in [2.24, 2.45) is 0 Å². The molecule has 0 saturated heterocycles. The maximum absolute atomic E-state index is 11.2. The van der Waals surface area contributed by atoms with Gasteiger partial charge in [0.15, 0.2) is 5.65 Å². The molecule has 0 aliphatic rings. The first kappa shape index (κ1) is 9.58. The van der Waals surface area contributed by atoms with Crippen LogP contribution in [0.5, 0.6) is 0 Å².